The maximum absolute atomic E-state index is 13.4. The first-order valence-electron chi connectivity index (χ1n) is 4.78. The van der Waals surface area contributed by atoms with E-state index in [0.29, 0.717) is 17.4 Å². The first kappa shape index (κ1) is 9.72. The van der Waals surface area contributed by atoms with Crippen molar-refractivity contribution in [3.05, 3.63) is 40.7 Å². The monoisotopic (exact) mass is 210 g/mol. The van der Waals surface area contributed by atoms with Crippen molar-refractivity contribution in [2.45, 2.75) is 26.2 Å². The van der Waals surface area contributed by atoms with E-state index in [-0.39, 0.29) is 5.82 Å². The average Bonchev–Trinajstić information content (AvgIpc) is 2.50. The first-order chi connectivity index (χ1) is 6.61. The molecule has 0 saturated heterocycles. The standard InChI is InChI=1S/C12H12ClF/c1-7(2)8-4-6-11(14)9-3-5-10(13)12(8)9/h4-7H,3H2,1-2H3. The van der Waals surface area contributed by atoms with Crippen LogP contribution in [0.4, 0.5) is 4.39 Å². The Morgan fingerprint density at radius 1 is 1.36 bits per heavy atom. The van der Waals surface area contributed by atoms with Gasteiger partial charge in [-0.25, -0.2) is 4.39 Å². The third-order valence-electron chi connectivity index (χ3n) is 2.63. The molecule has 2 heteroatoms. The Morgan fingerprint density at radius 2 is 2.07 bits per heavy atom. The summed E-state index contributed by atoms with van der Waals surface area (Å²) in [5.74, 6) is 0.237. The van der Waals surface area contributed by atoms with Crippen LogP contribution >= 0.6 is 11.6 Å². The van der Waals surface area contributed by atoms with E-state index in [1.165, 1.54) is 6.07 Å². The smallest absolute Gasteiger partial charge is 0.127 e. The zero-order valence-corrected chi connectivity index (χ0v) is 9.03. The second-order valence-corrected chi connectivity index (χ2v) is 4.31. The molecule has 0 aliphatic heterocycles. The largest absolute Gasteiger partial charge is 0.207 e. The molecular formula is C12H12ClF. The third-order valence-corrected chi connectivity index (χ3v) is 2.98. The number of hydrogen-bond acceptors (Lipinski definition) is 0. The van der Waals surface area contributed by atoms with E-state index < -0.39 is 0 Å². The zero-order valence-electron chi connectivity index (χ0n) is 8.27. The highest BCUT2D eigenvalue weighted by molar-refractivity contribution is 6.49. The van der Waals surface area contributed by atoms with Gasteiger partial charge < -0.3 is 0 Å². The Balaban J connectivity index is 2.66. The highest BCUT2D eigenvalue weighted by Crippen LogP contribution is 2.37. The Bertz CT molecular complexity index is 405. The molecule has 1 aromatic carbocycles. The maximum atomic E-state index is 13.4. The van der Waals surface area contributed by atoms with Crippen molar-refractivity contribution in [2.24, 2.45) is 0 Å². The summed E-state index contributed by atoms with van der Waals surface area (Å²) >= 11 is 6.06. The predicted octanol–water partition coefficient (Wildman–Crippen LogP) is 4.08. The van der Waals surface area contributed by atoms with Gasteiger partial charge in [-0.15, -0.1) is 0 Å². The molecule has 0 fully saturated rings. The second kappa shape index (κ2) is 3.39. The highest BCUT2D eigenvalue weighted by Gasteiger charge is 2.21. The zero-order chi connectivity index (χ0) is 10.3. The summed E-state index contributed by atoms with van der Waals surface area (Å²) in [6.07, 6.45) is 2.50. The lowest BCUT2D eigenvalue weighted by atomic mass is 9.94. The van der Waals surface area contributed by atoms with Crippen molar-refractivity contribution in [1.29, 1.82) is 0 Å². The molecule has 2 rings (SSSR count). The van der Waals surface area contributed by atoms with E-state index in [4.69, 9.17) is 11.6 Å². The fourth-order valence-corrected chi connectivity index (χ4v) is 2.20. The van der Waals surface area contributed by atoms with Crippen LogP contribution in [0, 0.1) is 5.82 Å². The van der Waals surface area contributed by atoms with Crippen LogP contribution < -0.4 is 0 Å². The van der Waals surface area contributed by atoms with Crippen LogP contribution in [0.15, 0.2) is 18.2 Å². The van der Waals surface area contributed by atoms with Gasteiger partial charge in [-0.05, 0) is 24.0 Å². The van der Waals surface area contributed by atoms with Gasteiger partial charge >= 0.3 is 0 Å². The topological polar surface area (TPSA) is 0 Å². The summed E-state index contributed by atoms with van der Waals surface area (Å²) in [6.45, 7) is 4.19. The average molecular weight is 211 g/mol. The molecule has 0 radical (unpaired) electrons. The second-order valence-electron chi connectivity index (χ2n) is 3.90. The molecular weight excluding hydrogens is 199 g/mol. The molecule has 0 amide bonds. The molecule has 1 aromatic rings. The molecule has 0 atom stereocenters. The lowest BCUT2D eigenvalue weighted by Crippen LogP contribution is -1.98. The first-order valence-corrected chi connectivity index (χ1v) is 5.16. The minimum atomic E-state index is -0.142. The minimum absolute atomic E-state index is 0.142. The summed E-state index contributed by atoms with van der Waals surface area (Å²) < 4.78 is 13.4. The van der Waals surface area contributed by atoms with Crippen molar-refractivity contribution >= 4 is 16.6 Å². The van der Waals surface area contributed by atoms with E-state index in [1.54, 1.807) is 0 Å². The Morgan fingerprint density at radius 3 is 2.71 bits per heavy atom. The van der Waals surface area contributed by atoms with Gasteiger partial charge in [-0.1, -0.05) is 37.6 Å². The quantitative estimate of drug-likeness (QED) is 0.655. The molecule has 74 valence electrons. The molecule has 14 heavy (non-hydrogen) atoms. The number of fused-ring (bicyclic) bond motifs is 1. The van der Waals surface area contributed by atoms with Gasteiger partial charge in [0, 0.05) is 16.2 Å². The molecule has 1 aliphatic carbocycles. The summed E-state index contributed by atoms with van der Waals surface area (Å²) in [6, 6.07) is 3.37. The van der Waals surface area contributed by atoms with E-state index in [2.05, 4.69) is 13.8 Å². The van der Waals surface area contributed by atoms with Gasteiger partial charge in [0.15, 0.2) is 0 Å². The molecule has 0 heterocycles. The highest BCUT2D eigenvalue weighted by atomic mass is 35.5. The fraction of sp³-hybridized carbons (Fsp3) is 0.333. The molecule has 0 saturated carbocycles. The van der Waals surface area contributed by atoms with Crippen LogP contribution in [-0.4, -0.2) is 0 Å². The van der Waals surface area contributed by atoms with Crippen LogP contribution in [0.5, 0.6) is 0 Å². The minimum Gasteiger partial charge on any atom is -0.207 e. The number of halogens is 2. The van der Waals surface area contributed by atoms with Crippen LogP contribution in [0.3, 0.4) is 0 Å². The summed E-state index contributed by atoms with van der Waals surface area (Å²) in [7, 11) is 0. The number of hydrogen-bond donors (Lipinski definition) is 0. The molecule has 1 aliphatic rings. The van der Waals surface area contributed by atoms with Gasteiger partial charge in [0.2, 0.25) is 0 Å². The van der Waals surface area contributed by atoms with Gasteiger partial charge in [0.25, 0.3) is 0 Å². The number of allylic oxidation sites excluding steroid dienone is 1. The summed E-state index contributed by atoms with van der Waals surface area (Å²) in [5, 5.41) is 0.697. The molecule has 0 bridgehead atoms. The Labute approximate surface area is 88.4 Å². The number of rotatable bonds is 1. The van der Waals surface area contributed by atoms with Crippen molar-refractivity contribution in [1.82, 2.24) is 0 Å². The fourth-order valence-electron chi connectivity index (χ4n) is 1.90. The van der Waals surface area contributed by atoms with Crippen molar-refractivity contribution in [3.63, 3.8) is 0 Å². The van der Waals surface area contributed by atoms with Gasteiger partial charge in [-0.3, -0.25) is 0 Å². The van der Waals surface area contributed by atoms with E-state index >= 15 is 0 Å². The number of benzene rings is 1. The van der Waals surface area contributed by atoms with E-state index in [1.807, 2.05) is 12.1 Å². The molecule has 0 aromatic heterocycles. The summed E-state index contributed by atoms with van der Waals surface area (Å²) in [5.41, 5.74) is 2.81. The molecule has 0 N–H and O–H groups in total. The SMILES string of the molecule is CC(C)c1ccc(F)c2c1C(Cl)=CC2. The van der Waals surface area contributed by atoms with Crippen LogP contribution in [0.2, 0.25) is 0 Å². The predicted molar refractivity (Wildman–Crippen MR) is 58.0 cm³/mol. The summed E-state index contributed by atoms with van der Waals surface area (Å²) in [4.78, 5) is 0. The lowest BCUT2D eigenvalue weighted by Gasteiger charge is -2.12. The third kappa shape index (κ3) is 1.36. The Kier molecular flexibility index (Phi) is 2.36. The van der Waals surface area contributed by atoms with Crippen molar-refractivity contribution in [2.75, 3.05) is 0 Å². The van der Waals surface area contributed by atoms with Gasteiger partial charge in [-0.2, -0.15) is 0 Å². The lowest BCUT2D eigenvalue weighted by molar-refractivity contribution is 0.613. The van der Waals surface area contributed by atoms with E-state index in [9.17, 15) is 4.39 Å². The van der Waals surface area contributed by atoms with E-state index in [0.717, 1.165) is 16.7 Å². The molecule has 0 nitrogen and oxygen atoms in total. The van der Waals surface area contributed by atoms with Crippen LogP contribution in [-0.2, 0) is 6.42 Å². The van der Waals surface area contributed by atoms with Gasteiger partial charge in [0.1, 0.15) is 5.82 Å². The van der Waals surface area contributed by atoms with Crippen LogP contribution in [0.25, 0.3) is 5.03 Å². The maximum Gasteiger partial charge on any atom is 0.127 e. The van der Waals surface area contributed by atoms with Crippen molar-refractivity contribution < 1.29 is 4.39 Å². The van der Waals surface area contributed by atoms with Gasteiger partial charge in [0.05, 0.1) is 0 Å². The Hall–Kier alpha value is -0.820. The normalized spacial score (nSPS) is 14.5. The van der Waals surface area contributed by atoms with Crippen molar-refractivity contribution in [3.8, 4) is 0 Å². The van der Waals surface area contributed by atoms with Crippen LogP contribution in [0.1, 0.15) is 36.5 Å². The molecule has 0 unspecified atom stereocenters. The molecule has 0 spiro atoms.